The first-order valence-corrected chi connectivity index (χ1v) is 5.24. The fourth-order valence-electron chi connectivity index (χ4n) is 1.09. The van der Waals surface area contributed by atoms with E-state index in [9.17, 15) is 9.59 Å². The molecule has 0 unspecified atom stereocenters. The minimum atomic E-state index is -0.536. The van der Waals surface area contributed by atoms with Gasteiger partial charge >= 0.3 is 0 Å². The molecule has 1 aromatic carbocycles. The molecule has 15 heavy (non-hydrogen) atoms. The zero-order valence-corrected chi connectivity index (χ0v) is 9.63. The van der Waals surface area contributed by atoms with Gasteiger partial charge in [0, 0.05) is 0 Å². The highest BCUT2D eigenvalue weighted by molar-refractivity contribution is 6.51. The van der Waals surface area contributed by atoms with Crippen LogP contribution in [-0.2, 0) is 4.79 Å². The Bertz CT molecular complexity index is 345. The summed E-state index contributed by atoms with van der Waals surface area (Å²) in [7, 11) is 0. The average molecular weight is 207 g/mol. The lowest BCUT2D eigenvalue weighted by molar-refractivity contribution is -0.112. The summed E-state index contributed by atoms with van der Waals surface area (Å²) in [6, 6.07) is 6.85. The smallest absolute Gasteiger partial charge is 0.296 e. The zero-order chi connectivity index (χ0) is 11.8. The van der Waals surface area contributed by atoms with Crippen molar-refractivity contribution in [1.29, 1.82) is 0 Å². The highest BCUT2D eigenvalue weighted by Gasteiger charge is 2.26. The Labute approximate surface area is 90.5 Å². The van der Waals surface area contributed by atoms with Gasteiger partial charge in [0.15, 0.2) is 0 Å². The summed E-state index contributed by atoms with van der Waals surface area (Å²) in [6.07, 6.45) is 0. The number of amides is 1. The average Bonchev–Trinajstić information content (AvgIpc) is 2.61. The van der Waals surface area contributed by atoms with Crippen LogP contribution in [0.15, 0.2) is 24.3 Å². The second-order valence-corrected chi connectivity index (χ2v) is 2.33. The van der Waals surface area contributed by atoms with Gasteiger partial charge in [-0.05, 0) is 12.1 Å². The monoisotopic (exact) mass is 207 g/mol. The molecule has 0 spiro atoms. The van der Waals surface area contributed by atoms with E-state index in [2.05, 4.69) is 5.32 Å². The first kappa shape index (κ1) is 13.4. The molecule has 0 fully saturated rings. The van der Waals surface area contributed by atoms with Gasteiger partial charge in [0.2, 0.25) is 0 Å². The summed E-state index contributed by atoms with van der Waals surface area (Å²) in [5.41, 5.74) is 1.08. The number of anilines is 1. The Balaban J connectivity index is 0.000000442. The van der Waals surface area contributed by atoms with Gasteiger partial charge in [-0.25, -0.2) is 0 Å². The number of hydrogen-bond acceptors (Lipinski definition) is 2. The van der Waals surface area contributed by atoms with Gasteiger partial charge in [-0.2, -0.15) is 0 Å². The van der Waals surface area contributed by atoms with Crippen molar-refractivity contribution in [3.05, 3.63) is 29.8 Å². The topological polar surface area (TPSA) is 46.2 Å². The summed E-state index contributed by atoms with van der Waals surface area (Å²) >= 11 is 0. The molecule has 0 saturated carbocycles. The van der Waals surface area contributed by atoms with Crippen LogP contribution in [0.5, 0.6) is 0 Å². The Morgan fingerprint density at radius 3 is 2.00 bits per heavy atom. The SMILES string of the molecule is CC.CC.O=C1Nc2ccccc2C1=O. The summed E-state index contributed by atoms with van der Waals surface area (Å²) in [5, 5.41) is 2.46. The number of para-hydroxylation sites is 1. The summed E-state index contributed by atoms with van der Waals surface area (Å²) in [4.78, 5) is 21.8. The van der Waals surface area contributed by atoms with Crippen molar-refractivity contribution in [2.45, 2.75) is 27.7 Å². The van der Waals surface area contributed by atoms with Crippen LogP contribution in [0.4, 0.5) is 5.69 Å². The summed E-state index contributed by atoms with van der Waals surface area (Å²) in [6.45, 7) is 8.00. The molecule has 3 heteroatoms. The van der Waals surface area contributed by atoms with Crippen LogP contribution in [-0.4, -0.2) is 11.7 Å². The molecule has 0 radical (unpaired) electrons. The van der Waals surface area contributed by atoms with E-state index in [1.54, 1.807) is 24.3 Å². The Kier molecular flexibility index (Phi) is 6.02. The third-order valence-corrected chi connectivity index (χ3v) is 1.63. The Hall–Kier alpha value is -1.64. The molecular weight excluding hydrogens is 190 g/mol. The van der Waals surface area contributed by atoms with E-state index < -0.39 is 11.7 Å². The highest BCUT2D eigenvalue weighted by Crippen LogP contribution is 2.21. The van der Waals surface area contributed by atoms with Crippen molar-refractivity contribution in [1.82, 2.24) is 0 Å². The molecule has 1 aliphatic rings. The van der Waals surface area contributed by atoms with E-state index in [0.29, 0.717) is 11.3 Å². The van der Waals surface area contributed by atoms with E-state index >= 15 is 0 Å². The number of fused-ring (bicyclic) bond motifs is 1. The molecule has 1 aromatic rings. The number of nitrogens with one attached hydrogen (secondary N) is 1. The predicted molar refractivity (Wildman–Crippen MR) is 62.1 cm³/mol. The normalized spacial score (nSPS) is 11.5. The molecule has 2 rings (SSSR count). The maximum absolute atomic E-state index is 11.0. The molecular formula is C12H17NO2. The third-order valence-electron chi connectivity index (χ3n) is 1.63. The number of carbonyl (C=O) groups is 2. The van der Waals surface area contributed by atoms with Crippen molar-refractivity contribution in [2.24, 2.45) is 0 Å². The van der Waals surface area contributed by atoms with Gasteiger partial charge in [0.25, 0.3) is 11.7 Å². The van der Waals surface area contributed by atoms with Crippen molar-refractivity contribution in [3.8, 4) is 0 Å². The van der Waals surface area contributed by atoms with Crippen molar-refractivity contribution >= 4 is 17.4 Å². The molecule has 0 atom stereocenters. The van der Waals surface area contributed by atoms with E-state index in [0.717, 1.165) is 0 Å². The van der Waals surface area contributed by atoms with Crippen molar-refractivity contribution < 1.29 is 9.59 Å². The first-order valence-electron chi connectivity index (χ1n) is 5.24. The van der Waals surface area contributed by atoms with E-state index in [1.165, 1.54) is 0 Å². The van der Waals surface area contributed by atoms with Gasteiger partial charge in [-0.3, -0.25) is 9.59 Å². The maximum atomic E-state index is 11.0. The van der Waals surface area contributed by atoms with Crippen LogP contribution >= 0.6 is 0 Å². The molecule has 1 N–H and O–H groups in total. The molecule has 1 heterocycles. The molecule has 1 amide bonds. The van der Waals surface area contributed by atoms with Crippen LogP contribution in [0, 0.1) is 0 Å². The highest BCUT2D eigenvalue weighted by atomic mass is 16.2. The molecule has 0 saturated heterocycles. The number of benzene rings is 1. The standard InChI is InChI=1S/C8H5NO2.2C2H6/c10-7-5-3-1-2-4-6(5)9-8(7)11;2*1-2/h1-4H,(H,9,10,11);2*1-2H3. The molecule has 82 valence electrons. The Morgan fingerprint density at radius 2 is 1.47 bits per heavy atom. The minimum Gasteiger partial charge on any atom is -0.318 e. The lowest BCUT2D eigenvalue weighted by Gasteiger charge is -1.91. The third kappa shape index (κ3) is 2.91. The second kappa shape index (κ2) is 6.76. The maximum Gasteiger partial charge on any atom is 0.296 e. The lowest BCUT2D eigenvalue weighted by atomic mass is 10.1. The fourth-order valence-corrected chi connectivity index (χ4v) is 1.09. The summed E-state index contributed by atoms with van der Waals surface area (Å²) < 4.78 is 0. The fraction of sp³-hybridized carbons (Fsp3) is 0.333. The molecule has 0 bridgehead atoms. The zero-order valence-electron chi connectivity index (χ0n) is 9.63. The number of rotatable bonds is 0. The van der Waals surface area contributed by atoms with E-state index in [1.807, 2.05) is 27.7 Å². The molecule has 3 nitrogen and oxygen atoms in total. The number of ketones is 1. The van der Waals surface area contributed by atoms with Crippen LogP contribution in [0.1, 0.15) is 38.1 Å². The van der Waals surface area contributed by atoms with Crippen molar-refractivity contribution in [2.75, 3.05) is 5.32 Å². The minimum absolute atomic E-state index is 0.444. The molecule has 1 aliphatic heterocycles. The van der Waals surface area contributed by atoms with Crippen LogP contribution in [0.2, 0.25) is 0 Å². The molecule has 0 aromatic heterocycles. The van der Waals surface area contributed by atoms with Gasteiger partial charge in [0.1, 0.15) is 0 Å². The van der Waals surface area contributed by atoms with E-state index in [-0.39, 0.29) is 0 Å². The number of Topliss-reactive ketones (excluding diaryl/α,β-unsaturated/α-hetero) is 1. The van der Waals surface area contributed by atoms with Crippen LogP contribution < -0.4 is 5.32 Å². The summed E-state index contributed by atoms with van der Waals surface area (Å²) in [5.74, 6) is -0.980. The number of hydrogen-bond donors (Lipinski definition) is 1. The lowest BCUT2D eigenvalue weighted by Crippen LogP contribution is -2.12. The van der Waals surface area contributed by atoms with Gasteiger partial charge < -0.3 is 5.32 Å². The Morgan fingerprint density at radius 1 is 0.933 bits per heavy atom. The van der Waals surface area contributed by atoms with E-state index in [4.69, 9.17) is 0 Å². The van der Waals surface area contributed by atoms with Gasteiger partial charge in [0.05, 0.1) is 11.3 Å². The largest absolute Gasteiger partial charge is 0.318 e. The first-order chi connectivity index (χ1) is 7.29. The van der Waals surface area contributed by atoms with Gasteiger partial charge in [-0.15, -0.1) is 0 Å². The van der Waals surface area contributed by atoms with Gasteiger partial charge in [-0.1, -0.05) is 39.8 Å². The predicted octanol–water partition coefficient (Wildman–Crippen LogP) is 2.87. The van der Waals surface area contributed by atoms with Crippen molar-refractivity contribution in [3.63, 3.8) is 0 Å². The van der Waals surface area contributed by atoms with Crippen LogP contribution in [0.25, 0.3) is 0 Å². The second-order valence-electron chi connectivity index (χ2n) is 2.33. The number of carbonyl (C=O) groups excluding carboxylic acids is 2. The van der Waals surface area contributed by atoms with Crippen LogP contribution in [0.3, 0.4) is 0 Å². The quantitative estimate of drug-likeness (QED) is 0.665. The molecule has 0 aliphatic carbocycles.